The van der Waals surface area contributed by atoms with Crippen molar-refractivity contribution in [2.24, 2.45) is 0 Å². The first kappa shape index (κ1) is 29.7. The summed E-state index contributed by atoms with van der Waals surface area (Å²) in [6, 6.07) is 69.1. The Morgan fingerprint density at radius 2 is 0.731 bits per heavy atom. The summed E-state index contributed by atoms with van der Waals surface area (Å²) < 4.78 is 4.84. The lowest BCUT2D eigenvalue weighted by Crippen LogP contribution is -2.02. The van der Waals surface area contributed by atoms with Gasteiger partial charge in [0.15, 0.2) is 0 Å². The maximum atomic E-state index is 9.87. The number of benzene rings is 8. The number of hydrogen-bond acceptors (Lipinski definition) is 1. The lowest BCUT2D eigenvalue weighted by Gasteiger charge is -2.21. The van der Waals surface area contributed by atoms with Gasteiger partial charge in [-0.3, -0.25) is 0 Å². The molecule has 3 nitrogen and oxygen atoms in total. The number of fused-ring (bicyclic) bond motifs is 6. The third-order valence-corrected chi connectivity index (χ3v) is 10.4. The third-order valence-electron chi connectivity index (χ3n) is 10.4. The van der Waals surface area contributed by atoms with Crippen LogP contribution in [0.4, 0.5) is 0 Å². The Morgan fingerprint density at radius 1 is 0.327 bits per heavy atom. The van der Waals surface area contributed by atoms with Crippen molar-refractivity contribution in [3.05, 3.63) is 194 Å². The predicted octanol–water partition coefficient (Wildman–Crippen LogP) is 12.8. The van der Waals surface area contributed by atoms with E-state index in [1.807, 2.05) is 24.3 Å². The molecule has 52 heavy (non-hydrogen) atoms. The molecule has 0 atom stereocenters. The molecule has 0 aliphatic carbocycles. The molecule has 0 aliphatic heterocycles. The van der Waals surface area contributed by atoms with Crippen LogP contribution in [0.3, 0.4) is 0 Å². The van der Waals surface area contributed by atoms with Crippen LogP contribution in [0, 0.1) is 11.3 Å². The van der Waals surface area contributed by atoms with Gasteiger partial charge in [-0.2, -0.15) is 5.26 Å². The topological polar surface area (TPSA) is 33.6 Å². The SMILES string of the molecule is N#Cc1ccccc1-c1ccc(-c2c(-c3ccccc3-n3c4ccccc4c4ccccc43)cccc2-n2c3ccccc3c3ccccc32)cc1. The van der Waals surface area contributed by atoms with Gasteiger partial charge in [0, 0.05) is 32.7 Å². The Hall–Kier alpha value is -7.15. The van der Waals surface area contributed by atoms with Crippen LogP contribution in [0.5, 0.6) is 0 Å². The van der Waals surface area contributed by atoms with Crippen molar-refractivity contribution in [3.63, 3.8) is 0 Å². The van der Waals surface area contributed by atoms with Gasteiger partial charge in [0.1, 0.15) is 0 Å². The van der Waals surface area contributed by atoms with E-state index in [0.717, 1.165) is 55.8 Å². The van der Waals surface area contributed by atoms with Crippen LogP contribution >= 0.6 is 0 Å². The van der Waals surface area contributed by atoms with Gasteiger partial charge in [-0.15, -0.1) is 0 Å². The summed E-state index contributed by atoms with van der Waals surface area (Å²) in [6.45, 7) is 0. The molecule has 0 amide bonds. The van der Waals surface area contributed by atoms with Crippen LogP contribution in [-0.2, 0) is 0 Å². The van der Waals surface area contributed by atoms with Crippen LogP contribution in [0.15, 0.2) is 188 Å². The summed E-state index contributed by atoms with van der Waals surface area (Å²) in [5.41, 5.74) is 14.1. The van der Waals surface area contributed by atoms with Crippen molar-refractivity contribution in [2.75, 3.05) is 0 Å². The molecule has 0 N–H and O–H groups in total. The first-order chi connectivity index (χ1) is 25.8. The Labute approximate surface area is 301 Å². The number of rotatable bonds is 5. The highest BCUT2D eigenvalue weighted by Gasteiger charge is 2.22. The molecule has 0 fully saturated rings. The zero-order valence-electron chi connectivity index (χ0n) is 28.2. The smallest absolute Gasteiger partial charge is 0.0998 e. The zero-order valence-corrected chi connectivity index (χ0v) is 28.2. The minimum Gasteiger partial charge on any atom is -0.309 e. The van der Waals surface area contributed by atoms with Crippen LogP contribution in [0.25, 0.3) is 88.4 Å². The van der Waals surface area contributed by atoms with Gasteiger partial charge in [-0.25, -0.2) is 0 Å². The lowest BCUT2D eigenvalue weighted by atomic mass is 9.90. The highest BCUT2D eigenvalue weighted by molar-refractivity contribution is 6.11. The van der Waals surface area contributed by atoms with E-state index < -0.39 is 0 Å². The maximum Gasteiger partial charge on any atom is 0.0998 e. The van der Waals surface area contributed by atoms with Crippen molar-refractivity contribution >= 4 is 43.6 Å². The van der Waals surface area contributed by atoms with Gasteiger partial charge in [-0.05, 0) is 64.7 Å². The van der Waals surface area contributed by atoms with E-state index >= 15 is 0 Å². The van der Waals surface area contributed by atoms with Gasteiger partial charge in [0.25, 0.3) is 0 Å². The van der Waals surface area contributed by atoms with E-state index in [1.165, 1.54) is 32.6 Å². The standard InChI is InChI=1S/C49H31N3/c50-32-35-14-1-2-15-36(35)33-28-30-34(31-29-33)49-42(21-13-27-48(49)52-45-24-10-5-18-39(45)40-19-6-11-25-46(40)52)41-20-7-12-26-47(41)51-43-22-8-3-16-37(43)38-17-4-9-23-44(38)51/h1-31H. The Kier molecular flexibility index (Phi) is 6.87. The molecule has 2 heterocycles. The molecular weight excluding hydrogens is 631 g/mol. The molecule has 10 rings (SSSR count). The molecule has 10 aromatic rings. The molecular formula is C49H31N3. The number of para-hydroxylation sites is 5. The second kappa shape index (κ2) is 12.0. The molecule has 0 unspecified atom stereocenters. The molecule has 0 spiro atoms. The minimum atomic E-state index is 0.668. The molecule has 242 valence electrons. The van der Waals surface area contributed by atoms with E-state index in [4.69, 9.17) is 0 Å². The average Bonchev–Trinajstić information content (AvgIpc) is 3.74. The Bertz CT molecular complexity index is 2920. The minimum absolute atomic E-state index is 0.668. The highest BCUT2D eigenvalue weighted by atomic mass is 15.0. The van der Waals surface area contributed by atoms with Crippen molar-refractivity contribution in [1.29, 1.82) is 5.26 Å². The van der Waals surface area contributed by atoms with E-state index in [-0.39, 0.29) is 0 Å². The quantitative estimate of drug-likeness (QED) is 0.181. The second-order valence-electron chi connectivity index (χ2n) is 13.2. The lowest BCUT2D eigenvalue weighted by molar-refractivity contribution is 1.17. The van der Waals surface area contributed by atoms with Crippen LogP contribution < -0.4 is 0 Å². The monoisotopic (exact) mass is 661 g/mol. The molecule has 0 saturated carbocycles. The molecule has 0 aliphatic rings. The molecule has 8 aromatic carbocycles. The maximum absolute atomic E-state index is 9.87. The fourth-order valence-electron chi connectivity index (χ4n) is 8.16. The van der Waals surface area contributed by atoms with Gasteiger partial charge in [-0.1, -0.05) is 146 Å². The summed E-state index contributed by atoms with van der Waals surface area (Å²) in [4.78, 5) is 0. The fraction of sp³-hybridized carbons (Fsp3) is 0. The largest absolute Gasteiger partial charge is 0.309 e. The van der Waals surface area contributed by atoms with E-state index in [2.05, 4.69) is 179 Å². The van der Waals surface area contributed by atoms with Gasteiger partial charge >= 0.3 is 0 Å². The summed E-state index contributed by atoms with van der Waals surface area (Å²) >= 11 is 0. The normalized spacial score (nSPS) is 11.4. The molecule has 0 bridgehead atoms. The predicted molar refractivity (Wildman–Crippen MR) is 216 cm³/mol. The van der Waals surface area contributed by atoms with Crippen molar-refractivity contribution < 1.29 is 0 Å². The summed E-state index contributed by atoms with van der Waals surface area (Å²) in [5, 5.41) is 14.8. The van der Waals surface area contributed by atoms with Crippen molar-refractivity contribution in [3.8, 4) is 50.8 Å². The molecule has 0 saturated heterocycles. The van der Waals surface area contributed by atoms with E-state index in [9.17, 15) is 5.26 Å². The van der Waals surface area contributed by atoms with Crippen LogP contribution in [-0.4, -0.2) is 9.13 Å². The van der Waals surface area contributed by atoms with Gasteiger partial charge < -0.3 is 9.13 Å². The van der Waals surface area contributed by atoms with Crippen LogP contribution in [0.2, 0.25) is 0 Å². The van der Waals surface area contributed by atoms with Gasteiger partial charge in [0.05, 0.1) is 45.1 Å². The fourth-order valence-corrected chi connectivity index (χ4v) is 8.16. The number of nitrogens with zero attached hydrogens (tertiary/aromatic N) is 3. The number of nitriles is 1. The van der Waals surface area contributed by atoms with E-state index in [1.54, 1.807) is 0 Å². The molecule has 3 heteroatoms. The summed E-state index contributed by atoms with van der Waals surface area (Å²) in [5.74, 6) is 0. The molecule has 0 radical (unpaired) electrons. The number of aromatic nitrogens is 2. The molecule has 2 aromatic heterocycles. The first-order valence-electron chi connectivity index (χ1n) is 17.6. The number of hydrogen-bond donors (Lipinski definition) is 0. The third kappa shape index (κ3) is 4.52. The van der Waals surface area contributed by atoms with Crippen LogP contribution in [0.1, 0.15) is 5.56 Å². The van der Waals surface area contributed by atoms with E-state index in [0.29, 0.717) is 5.56 Å². The zero-order chi connectivity index (χ0) is 34.6. The Morgan fingerprint density at radius 3 is 1.29 bits per heavy atom. The van der Waals surface area contributed by atoms with Crippen molar-refractivity contribution in [2.45, 2.75) is 0 Å². The summed E-state index contributed by atoms with van der Waals surface area (Å²) in [7, 11) is 0. The van der Waals surface area contributed by atoms with Crippen molar-refractivity contribution in [1.82, 2.24) is 9.13 Å². The average molecular weight is 662 g/mol. The highest BCUT2D eigenvalue weighted by Crippen LogP contribution is 2.44. The first-order valence-corrected chi connectivity index (χ1v) is 17.6. The second-order valence-corrected chi connectivity index (χ2v) is 13.2. The van der Waals surface area contributed by atoms with Gasteiger partial charge in [0.2, 0.25) is 0 Å². The Balaban J connectivity index is 1.29. The summed E-state index contributed by atoms with van der Waals surface area (Å²) in [6.07, 6.45) is 0.